The number of ether oxygens (including phenoxy) is 1. The van der Waals surface area contributed by atoms with Crippen molar-refractivity contribution in [3.05, 3.63) is 36.3 Å². The third-order valence-electron chi connectivity index (χ3n) is 7.93. The first-order valence-electron chi connectivity index (χ1n) is 13.1. The van der Waals surface area contributed by atoms with Crippen LogP contribution in [0, 0.1) is 5.92 Å². The summed E-state index contributed by atoms with van der Waals surface area (Å²) >= 11 is 0. The zero-order chi connectivity index (χ0) is 27.0. The summed E-state index contributed by atoms with van der Waals surface area (Å²) in [5, 5.41) is 1.38. The number of rotatable bonds is 5. The van der Waals surface area contributed by atoms with Crippen molar-refractivity contribution in [1.82, 2.24) is 20.4 Å². The van der Waals surface area contributed by atoms with E-state index in [-0.39, 0.29) is 35.0 Å². The van der Waals surface area contributed by atoms with Crippen molar-refractivity contribution in [2.45, 2.75) is 90.4 Å². The summed E-state index contributed by atoms with van der Waals surface area (Å²) < 4.78 is 17.1. The molecule has 2 heterocycles. The standard InChI is InChI=1S/C27H39BN4O5/c1-17(2)32(31-25(34)35-7)24(33)21-11-9-8-10-20(21)23-29-16-22(30-23)18-12-14-19(15-13-18)28-36-26(3,4)27(5,6)37-28/h12-17,20-21H,8-11H2,1-7H3,(H,29,30)(H,31,34)/t20?,21-/m0/s1. The summed E-state index contributed by atoms with van der Waals surface area (Å²) in [5.74, 6) is 0.345. The molecule has 2 amide bonds. The van der Waals surface area contributed by atoms with Gasteiger partial charge in [-0.3, -0.25) is 4.79 Å². The summed E-state index contributed by atoms with van der Waals surface area (Å²) in [6.45, 7) is 11.9. The van der Waals surface area contributed by atoms with Crippen LogP contribution in [0.4, 0.5) is 4.79 Å². The molecule has 0 radical (unpaired) electrons. The van der Waals surface area contributed by atoms with E-state index < -0.39 is 13.2 Å². The van der Waals surface area contributed by atoms with E-state index in [9.17, 15) is 9.59 Å². The number of methoxy groups -OCH3 is 1. The lowest BCUT2D eigenvalue weighted by Gasteiger charge is -2.35. The Hall–Kier alpha value is -2.85. The number of imidazole rings is 1. The van der Waals surface area contributed by atoms with Crippen LogP contribution in [0.5, 0.6) is 0 Å². The lowest BCUT2D eigenvalue weighted by Crippen LogP contribution is -2.53. The summed E-state index contributed by atoms with van der Waals surface area (Å²) in [5.41, 5.74) is 4.65. The zero-order valence-electron chi connectivity index (χ0n) is 23.0. The van der Waals surface area contributed by atoms with E-state index in [2.05, 4.69) is 15.4 Å². The minimum absolute atomic E-state index is 0.0558. The molecule has 1 aromatic heterocycles. The van der Waals surface area contributed by atoms with Crippen LogP contribution in [0.2, 0.25) is 0 Å². The number of hydrazine groups is 1. The molecule has 1 saturated heterocycles. The highest BCUT2D eigenvalue weighted by atomic mass is 16.7. The molecule has 2 atom stereocenters. The Bertz CT molecular complexity index is 1100. The van der Waals surface area contributed by atoms with Crippen molar-refractivity contribution >= 4 is 24.6 Å². The second-order valence-corrected chi connectivity index (χ2v) is 11.3. The van der Waals surface area contributed by atoms with Crippen molar-refractivity contribution in [2.75, 3.05) is 7.11 Å². The molecule has 1 unspecified atom stereocenters. The Morgan fingerprint density at radius 1 is 1.11 bits per heavy atom. The van der Waals surface area contributed by atoms with Crippen LogP contribution in [-0.2, 0) is 18.8 Å². The molecule has 10 heteroatoms. The highest BCUT2D eigenvalue weighted by molar-refractivity contribution is 6.62. The molecule has 200 valence electrons. The average molecular weight is 510 g/mol. The highest BCUT2D eigenvalue weighted by Gasteiger charge is 2.51. The van der Waals surface area contributed by atoms with Gasteiger partial charge in [-0.25, -0.2) is 20.2 Å². The fourth-order valence-electron chi connectivity index (χ4n) is 4.99. The predicted octanol–water partition coefficient (Wildman–Crippen LogP) is 4.16. The average Bonchev–Trinajstić information content (AvgIpc) is 3.44. The first-order chi connectivity index (χ1) is 17.4. The Morgan fingerprint density at radius 2 is 1.73 bits per heavy atom. The van der Waals surface area contributed by atoms with Crippen molar-refractivity contribution in [1.29, 1.82) is 0 Å². The molecule has 1 aliphatic carbocycles. The third-order valence-corrected chi connectivity index (χ3v) is 7.93. The number of H-pyrrole nitrogens is 1. The highest BCUT2D eigenvalue weighted by Crippen LogP contribution is 2.39. The third kappa shape index (κ3) is 5.55. The first-order valence-corrected chi connectivity index (χ1v) is 13.1. The molecule has 4 rings (SSSR count). The van der Waals surface area contributed by atoms with E-state index in [1.807, 2.05) is 72.0 Å². The molecule has 2 fully saturated rings. The number of benzene rings is 1. The van der Waals surface area contributed by atoms with Crippen molar-refractivity contribution < 1.29 is 23.6 Å². The molecule has 1 saturated carbocycles. The number of amides is 2. The maximum Gasteiger partial charge on any atom is 0.494 e. The van der Waals surface area contributed by atoms with Crippen LogP contribution in [0.25, 0.3) is 11.3 Å². The second kappa shape index (κ2) is 10.5. The smallest absolute Gasteiger partial charge is 0.452 e. The van der Waals surface area contributed by atoms with E-state index in [0.717, 1.165) is 48.2 Å². The molecule has 1 aromatic carbocycles. The minimum Gasteiger partial charge on any atom is -0.452 e. The number of aromatic nitrogens is 2. The maximum absolute atomic E-state index is 13.5. The molecular weight excluding hydrogens is 471 g/mol. The monoisotopic (exact) mass is 510 g/mol. The SMILES string of the molecule is COC(=O)NN(C(=O)[C@H]1CCCCC1c1ncc(-c2ccc(B3OC(C)(C)C(C)(C)O3)cc2)[nH]1)C(C)C. The molecule has 2 aliphatic rings. The van der Waals surface area contributed by atoms with E-state index in [1.54, 1.807) is 0 Å². The summed E-state index contributed by atoms with van der Waals surface area (Å²) in [7, 11) is 0.876. The van der Waals surface area contributed by atoms with Gasteiger partial charge in [-0.15, -0.1) is 0 Å². The minimum atomic E-state index is -0.654. The second-order valence-electron chi connectivity index (χ2n) is 11.3. The fraction of sp³-hybridized carbons (Fsp3) is 0.593. The molecule has 0 spiro atoms. The van der Waals surface area contributed by atoms with Gasteiger partial charge in [0.2, 0.25) is 5.91 Å². The van der Waals surface area contributed by atoms with Gasteiger partial charge in [-0.2, -0.15) is 0 Å². The zero-order valence-corrected chi connectivity index (χ0v) is 23.0. The number of hydrogen-bond acceptors (Lipinski definition) is 6. The molecule has 0 bridgehead atoms. The Morgan fingerprint density at radius 3 is 2.32 bits per heavy atom. The Labute approximate surface area is 219 Å². The molecule has 37 heavy (non-hydrogen) atoms. The van der Waals surface area contributed by atoms with Gasteiger partial charge < -0.3 is 19.0 Å². The van der Waals surface area contributed by atoms with Gasteiger partial charge in [0, 0.05) is 17.9 Å². The van der Waals surface area contributed by atoms with E-state index in [4.69, 9.17) is 14.0 Å². The van der Waals surface area contributed by atoms with Crippen molar-refractivity contribution in [2.24, 2.45) is 5.92 Å². The van der Waals surface area contributed by atoms with E-state index in [0.29, 0.717) is 0 Å². The van der Waals surface area contributed by atoms with Crippen LogP contribution in [0.1, 0.15) is 79.0 Å². The number of carbonyl (C=O) groups excluding carboxylic acids is 2. The van der Waals surface area contributed by atoms with Crippen molar-refractivity contribution in [3.63, 3.8) is 0 Å². The van der Waals surface area contributed by atoms with Gasteiger partial charge in [0.25, 0.3) is 0 Å². The largest absolute Gasteiger partial charge is 0.494 e. The maximum atomic E-state index is 13.5. The number of nitrogens with one attached hydrogen (secondary N) is 2. The number of hydrogen-bond donors (Lipinski definition) is 2. The van der Waals surface area contributed by atoms with Crippen LogP contribution in [0.3, 0.4) is 0 Å². The van der Waals surface area contributed by atoms with Crippen LogP contribution in [0.15, 0.2) is 30.5 Å². The fourth-order valence-corrected chi connectivity index (χ4v) is 4.99. The van der Waals surface area contributed by atoms with E-state index in [1.165, 1.54) is 12.1 Å². The number of carbonyl (C=O) groups is 2. The van der Waals surface area contributed by atoms with Gasteiger partial charge in [0.05, 0.1) is 30.2 Å². The molecule has 2 N–H and O–H groups in total. The molecule has 1 aliphatic heterocycles. The van der Waals surface area contributed by atoms with Crippen molar-refractivity contribution in [3.8, 4) is 11.3 Å². The lowest BCUT2D eigenvalue weighted by molar-refractivity contribution is -0.142. The Balaban J connectivity index is 1.51. The topological polar surface area (TPSA) is 106 Å². The van der Waals surface area contributed by atoms with Crippen LogP contribution in [-0.4, -0.2) is 58.4 Å². The van der Waals surface area contributed by atoms with Crippen LogP contribution >= 0.6 is 0 Å². The normalized spacial score (nSPS) is 22.6. The van der Waals surface area contributed by atoms with Gasteiger partial charge >= 0.3 is 13.2 Å². The van der Waals surface area contributed by atoms with Gasteiger partial charge in [-0.05, 0) is 65.4 Å². The Kier molecular flexibility index (Phi) is 7.71. The summed E-state index contributed by atoms with van der Waals surface area (Å²) in [6, 6.07) is 7.89. The number of nitrogens with zero attached hydrogens (tertiary/aromatic N) is 2. The lowest BCUT2D eigenvalue weighted by atomic mass is 9.78. The van der Waals surface area contributed by atoms with Gasteiger partial charge in [-0.1, -0.05) is 37.1 Å². The van der Waals surface area contributed by atoms with E-state index >= 15 is 0 Å². The van der Waals surface area contributed by atoms with Crippen LogP contribution < -0.4 is 10.9 Å². The summed E-state index contributed by atoms with van der Waals surface area (Å²) in [4.78, 5) is 33.5. The predicted molar refractivity (Wildman–Crippen MR) is 142 cm³/mol. The van der Waals surface area contributed by atoms with Gasteiger partial charge in [0.1, 0.15) is 5.82 Å². The molecule has 9 nitrogen and oxygen atoms in total. The summed E-state index contributed by atoms with van der Waals surface area (Å²) in [6.07, 6.45) is 4.76. The molecule has 2 aromatic rings. The quantitative estimate of drug-likeness (QED) is 0.463. The number of aromatic amines is 1. The van der Waals surface area contributed by atoms with Gasteiger partial charge in [0.15, 0.2) is 0 Å². The molecular formula is C27H39BN4O5. The first kappa shape index (κ1) is 27.2.